The first-order valence-electron chi connectivity index (χ1n) is 3.71. The number of hydrogen-bond donors (Lipinski definition) is 0. The average molecular weight is 262 g/mol. The molecule has 0 radical (unpaired) electrons. The van der Waals surface area contributed by atoms with Crippen LogP contribution in [0.15, 0.2) is 24.3 Å². The normalized spacial score (nSPS) is 9.64. The molecule has 0 aromatic heterocycles. The Labute approximate surface area is 80.9 Å². The Morgan fingerprint density at radius 2 is 2.27 bits per heavy atom. The quantitative estimate of drug-likeness (QED) is 0.760. The van der Waals surface area contributed by atoms with Gasteiger partial charge in [0.05, 0.1) is 6.61 Å². The Balaban J connectivity index is 2.56. The van der Waals surface area contributed by atoms with E-state index in [-0.39, 0.29) is 0 Å². The Bertz CT molecular complexity index is 223. The van der Waals surface area contributed by atoms with Crippen LogP contribution in [0.25, 0.3) is 0 Å². The topological polar surface area (TPSA) is 9.23 Å². The summed E-state index contributed by atoms with van der Waals surface area (Å²) in [5.41, 5.74) is 0. The molecule has 0 N–H and O–H groups in total. The number of rotatable bonds is 3. The number of ether oxygens (including phenoxy) is 1. The van der Waals surface area contributed by atoms with Crippen molar-refractivity contribution in [2.24, 2.45) is 0 Å². The fourth-order valence-electron chi connectivity index (χ4n) is 0.777. The summed E-state index contributed by atoms with van der Waals surface area (Å²) >= 11 is 2.28. The number of halogens is 1. The summed E-state index contributed by atoms with van der Waals surface area (Å²) < 4.78 is 6.65. The van der Waals surface area contributed by atoms with Crippen LogP contribution in [-0.2, 0) is 0 Å². The number of hydrogen-bond acceptors (Lipinski definition) is 1. The molecule has 0 amide bonds. The van der Waals surface area contributed by atoms with Gasteiger partial charge in [0.1, 0.15) is 5.75 Å². The van der Waals surface area contributed by atoms with E-state index in [2.05, 4.69) is 35.6 Å². The predicted octanol–water partition coefficient (Wildman–Crippen LogP) is 3.08. The maximum Gasteiger partial charge on any atom is 0.120 e. The van der Waals surface area contributed by atoms with Gasteiger partial charge in [-0.25, -0.2) is 0 Å². The Hall–Kier alpha value is -0.250. The number of benzene rings is 1. The van der Waals surface area contributed by atoms with Crippen LogP contribution >= 0.6 is 22.6 Å². The Kier molecular flexibility index (Phi) is 3.69. The molecule has 0 aliphatic heterocycles. The molecule has 2 heteroatoms. The third kappa shape index (κ3) is 3.10. The minimum absolute atomic E-state index is 0.806. The first-order valence-corrected chi connectivity index (χ1v) is 4.79. The molecule has 0 saturated carbocycles. The fraction of sp³-hybridized carbons (Fsp3) is 0.333. The van der Waals surface area contributed by atoms with E-state index in [0.29, 0.717) is 0 Å². The summed E-state index contributed by atoms with van der Waals surface area (Å²) in [5, 5.41) is 0. The Morgan fingerprint density at radius 1 is 1.45 bits per heavy atom. The third-order valence-electron chi connectivity index (χ3n) is 1.27. The van der Waals surface area contributed by atoms with Crippen LogP contribution in [0.3, 0.4) is 0 Å². The maximum absolute atomic E-state index is 5.43. The molecule has 1 aromatic carbocycles. The van der Waals surface area contributed by atoms with Crippen molar-refractivity contribution in [1.29, 1.82) is 0 Å². The van der Waals surface area contributed by atoms with Crippen LogP contribution < -0.4 is 4.74 Å². The summed E-state index contributed by atoms with van der Waals surface area (Å²) in [6.07, 6.45) is 1.06. The van der Waals surface area contributed by atoms with Gasteiger partial charge in [-0.15, -0.1) is 0 Å². The van der Waals surface area contributed by atoms with Gasteiger partial charge in [0.2, 0.25) is 0 Å². The zero-order valence-electron chi connectivity index (χ0n) is 6.51. The molecule has 0 bridgehead atoms. The third-order valence-corrected chi connectivity index (χ3v) is 1.94. The van der Waals surface area contributed by atoms with E-state index >= 15 is 0 Å². The van der Waals surface area contributed by atoms with Crippen molar-refractivity contribution in [3.63, 3.8) is 0 Å². The highest BCUT2D eigenvalue weighted by Crippen LogP contribution is 2.14. The first-order chi connectivity index (χ1) is 5.33. The molecule has 0 fully saturated rings. The van der Waals surface area contributed by atoms with E-state index in [0.717, 1.165) is 18.8 Å². The van der Waals surface area contributed by atoms with Crippen LogP contribution in [0.4, 0.5) is 0 Å². The zero-order valence-corrected chi connectivity index (χ0v) is 8.67. The van der Waals surface area contributed by atoms with Crippen molar-refractivity contribution in [2.75, 3.05) is 6.61 Å². The molecule has 1 aromatic rings. The lowest BCUT2D eigenvalue weighted by molar-refractivity contribution is 0.317. The van der Waals surface area contributed by atoms with Gasteiger partial charge in [-0.05, 0) is 47.2 Å². The van der Waals surface area contributed by atoms with Crippen molar-refractivity contribution < 1.29 is 4.74 Å². The molecule has 0 atom stereocenters. The lowest BCUT2D eigenvalue weighted by Crippen LogP contribution is -1.94. The van der Waals surface area contributed by atoms with Gasteiger partial charge in [-0.3, -0.25) is 0 Å². The molecule has 0 spiro atoms. The second kappa shape index (κ2) is 4.59. The van der Waals surface area contributed by atoms with Gasteiger partial charge < -0.3 is 4.74 Å². The predicted molar refractivity (Wildman–Crippen MR) is 54.9 cm³/mol. The smallest absolute Gasteiger partial charge is 0.120 e. The highest BCUT2D eigenvalue weighted by Gasteiger charge is 1.91. The molecule has 0 heterocycles. The zero-order chi connectivity index (χ0) is 8.10. The van der Waals surface area contributed by atoms with E-state index in [9.17, 15) is 0 Å². The van der Waals surface area contributed by atoms with Crippen molar-refractivity contribution in [2.45, 2.75) is 13.3 Å². The summed E-state index contributed by atoms with van der Waals surface area (Å²) in [6, 6.07) is 8.08. The second-order valence-electron chi connectivity index (χ2n) is 2.31. The van der Waals surface area contributed by atoms with Gasteiger partial charge >= 0.3 is 0 Å². The van der Waals surface area contributed by atoms with E-state index in [4.69, 9.17) is 4.74 Å². The van der Waals surface area contributed by atoms with E-state index in [1.165, 1.54) is 3.57 Å². The maximum atomic E-state index is 5.43. The van der Waals surface area contributed by atoms with Crippen LogP contribution in [0, 0.1) is 3.57 Å². The van der Waals surface area contributed by atoms with Gasteiger partial charge in [0, 0.05) is 3.57 Å². The highest BCUT2D eigenvalue weighted by atomic mass is 127. The SMILES string of the molecule is CCCOc1cccc(I)c1. The molecule has 0 aliphatic carbocycles. The van der Waals surface area contributed by atoms with Gasteiger partial charge in [-0.2, -0.15) is 0 Å². The fourth-order valence-corrected chi connectivity index (χ4v) is 1.29. The summed E-state index contributed by atoms with van der Waals surface area (Å²) in [7, 11) is 0. The van der Waals surface area contributed by atoms with Crippen molar-refractivity contribution in [3.05, 3.63) is 27.8 Å². The van der Waals surface area contributed by atoms with Gasteiger partial charge in [0.25, 0.3) is 0 Å². The second-order valence-corrected chi connectivity index (χ2v) is 3.55. The summed E-state index contributed by atoms with van der Waals surface area (Å²) in [4.78, 5) is 0. The van der Waals surface area contributed by atoms with E-state index in [1.54, 1.807) is 0 Å². The first kappa shape index (κ1) is 8.84. The monoisotopic (exact) mass is 262 g/mol. The van der Waals surface area contributed by atoms with Crippen molar-refractivity contribution in [1.82, 2.24) is 0 Å². The van der Waals surface area contributed by atoms with Crippen molar-refractivity contribution >= 4 is 22.6 Å². The van der Waals surface area contributed by atoms with Crippen LogP contribution in [-0.4, -0.2) is 6.61 Å². The molecule has 60 valence electrons. The lowest BCUT2D eigenvalue weighted by Gasteiger charge is -2.03. The molecular formula is C9H11IO. The summed E-state index contributed by atoms with van der Waals surface area (Å²) in [6.45, 7) is 2.91. The van der Waals surface area contributed by atoms with Crippen LogP contribution in [0.2, 0.25) is 0 Å². The molecule has 1 rings (SSSR count). The van der Waals surface area contributed by atoms with Crippen molar-refractivity contribution in [3.8, 4) is 5.75 Å². The van der Waals surface area contributed by atoms with Crippen LogP contribution in [0.1, 0.15) is 13.3 Å². The van der Waals surface area contributed by atoms with Crippen LogP contribution in [0.5, 0.6) is 5.75 Å². The van der Waals surface area contributed by atoms with Gasteiger partial charge in [-0.1, -0.05) is 13.0 Å². The lowest BCUT2D eigenvalue weighted by atomic mass is 10.3. The average Bonchev–Trinajstić information content (AvgIpc) is 2.01. The molecule has 1 nitrogen and oxygen atoms in total. The highest BCUT2D eigenvalue weighted by molar-refractivity contribution is 14.1. The van der Waals surface area contributed by atoms with E-state index < -0.39 is 0 Å². The molecule has 0 unspecified atom stereocenters. The largest absolute Gasteiger partial charge is 0.494 e. The Morgan fingerprint density at radius 3 is 2.91 bits per heavy atom. The minimum atomic E-state index is 0.806. The molecule has 11 heavy (non-hydrogen) atoms. The molecular weight excluding hydrogens is 251 g/mol. The standard InChI is InChI=1S/C9H11IO/c1-2-6-11-9-5-3-4-8(10)7-9/h3-5,7H,2,6H2,1H3. The van der Waals surface area contributed by atoms with Gasteiger partial charge in [0.15, 0.2) is 0 Å². The minimum Gasteiger partial charge on any atom is -0.494 e. The van der Waals surface area contributed by atoms with E-state index in [1.807, 2.05) is 18.2 Å². The molecule has 0 saturated heterocycles. The molecule has 0 aliphatic rings. The summed E-state index contributed by atoms with van der Waals surface area (Å²) in [5.74, 6) is 0.971.